The van der Waals surface area contributed by atoms with E-state index < -0.39 is 23.3 Å². The van der Waals surface area contributed by atoms with E-state index in [0.717, 1.165) is 9.75 Å². The number of aromatic nitrogens is 2. The number of carbonyl (C=O) groups is 3. The summed E-state index contributed by atoms with van der Waals surface area (Å²) in [5.41, 5.74) is 0.670. The predicted molar refractivity (Wildman–Crippen MR) is 99.2 cm³/mol. The number of aryl methyl sites for hydroxylation is 1. The van der Waals surface area contributed by atoms with Crippen LogP contribution in [0, 0.1) is 6.92 Å². The van der Waals surface area contributed by atoms with Crippen molar-refractivity contribution in [3.8, 4) is 22.3 Å². The van der Waals surface area contributed by atoms with E-state index in [0.29, 0.717) is 17.0 Å². The molecule has 0 atom stereocenters. The molecular weight excluding hydrogens is 368 g/mol. The molecule has 1 saturated carbocycles. The van der Waals surface area contributed by atoms with Gasteiger partial charge in [-0.2, -0.15) is 4.98 Å². The number of rotatable bonds is 4. The van der Waals surface area contributed by atoms with Gasteiger partial charge in [0.1, 0.15) is 5.92 Å². The van der Waals surface area contributed by atoms with Crippen LogP contribution in [-0.2, 0) is 14.4 Å². The zero-order valence-electron chi connectivity index (χ0n) is 15.0. The highest BCUT2D eigenvalue weighted by Crippen LogP contribution is 2.41. The van der Waals surface area contributed by atoms with E-state index in [1.807, 2.05) is 0 Å². The van der Waals surface area contributed by atoms with E-state index >= 15 is 0 Å². The van der Waals surface area contributed by atoms with Crippen LogP contribution in [0.25, 0.3) is 10.4 Å². The first-order chi connectivity index (χ1) is 12.8. The monoisotopic (exact) mass is 384 g/mol. The van der Waals surface area contributed by atoms with E-state index in [-0.39, 0.29) is 17.2 Å². The first-order valence-electron chi connectivity index (χ1n) is 7.86. The molecule has 0 saturated heterocycles. The van der Waals surface area contributed by atoms with Gasteiger partial charge in [0.2, 0.25) is 5.88 Å². The molecule has 0 radical (unpaired) electrons. The van der Waals surface area contributed by atoms with Crippen LogP contribution in [0.2, 0.25) is 0 Å². The highest BCUT2D eigenvalue weighted by atomic mass is 32.1. The van der Waals surface area contributed by atoms with Crippen molar-refractivity contribution in [2.24, 2.45) is 0 Å². The van der Waals surface area contributed by atoms with Crippen LogP contribution in [0.1, 0.15) is 16.4 Å². The van der Waals surface area contributed by atoms with Gasteiger partial charge < -0.3 is 9.47 Å². The fourth-order valence-electron chi connectivity index (χ4n) is 2.85. The molecule has 1 aliphatic carbocycles. The topological polar surface area (TPSA) is 95.5 Å². The predicted octanol–water partition coefficient (Wildman–Crippen LogP) is 2.45. The molecule has 3 rings (SSSR count). The minimum absolute atomic E-state index is 0.160. The summed E-state index contributed by atoms with van der Waals surface area (Å²) < 4.78 is 10.3. The van der Waals surface area contributed by atoms with Gasteiger partial charge in [0.25, 0.3) is 0 Å². The minimum atomic E-state index is -1.11. The van der Waals surface area contributed by atoms with Gasteiger partial charge in [-0.05, 0) is 18.6 Å². The molecule has 0 bridgehead atoms. The van der Waals surface area contributed by atoms with Crippen molar-refractivity contribution in [3.05, 3.63) is 47.0 Å². The summed E-state index contributed by atoms with van der Waals surface area (Å²) in [6.07, 6.45) is 1.55. The Morgan fingerprint density at radius 3 is 2.26 bits per heavy atom. The van der Waals surface area contributed by atoms with E-state index in [1.165, 1.54) is 25.6 Å². The van der Waals surface area contributed by atoms with Crippen molar-refractivity contribution in [1.82, 2.24) is 9.97 Å². The van der Waals surface area contributed by atoms with Crippen molar-refractivity contribution < 1.29 is 23.9 Å². The molecule has 2 heterocycles. The van der Waals surface area contributed by atoms with E-state index in [1.54, 1.807) is 19.2 Å². The zero-order valence-corrected chi connectivity index (χ0v) is 15.8. The fourth-order valence-corrected chi connectivity index (χ4v) is 3.91. The zero-order chi connectivity index (χ0) is 19.9. The number of ketones is 3. The highest BCUT2D eigenvalue weighted by molar-refractivity contribution is 7.15. The molecular formula is C19H16N2O5S. The molecule has 0 unspecified atom stereocenters. The molecule has 1 aliphatic rings. The Morgan fingerprint density at radius 2 is 1.70 bits per heavy atom. The van der Waals surface area contributed by atoms with E-state index in [4.69, 9.17) is 9.47 Å². The second kappa shape index (κ2) is 6.88. The third-order valence-corrected chi connectivity index (χ3v) is 5.41. The molecule has 0 spiro atoms. The third-order valence-electron chi connectivity index (χ3n) is 4.31. The van der Waals surface area contributed by atoms with Gasteiger partial charge in [0.15, 0.2) is 17.3 Å². The van der Waals surface area contributed by atoms with Gasteiger partial charge in [-0.1, -0.05) is 13.2 Å². The summed E-state index contributed by atoms with van der Waals surface area (Å²) in [7, 11) is 2.92. The first-order valence-corrected chi connectivity index (χ1v) is 8.68. The second-order valence-electron chi connectivity index (χ2n) is 5.85. The van der Waals surface area contributed by atoms with E-state index in [9.17, 15) is 14.4 Å². The van der Waals surface area contributed by atoms with Crippen molar-refractivity contribution >= 4 is 28.7 Å². The molecule has 0 N–H and O–H groups in total. The van der Waals surface area contributed by atoms with Gasteiger partial charge in [-0.15, -0.1) is 11.3 Å². The summed E-state index contributed by atoms with van der Waals surface area (Å²) in [6, 6.07) is 1.87. The number of hydrogen-bond acceptors (Lipinski definition) is 8. The van der Waals surface area contributed by atoms with Crippen LogP contribution in [0.5, 0.6) is 11.9 Å². The molecule has 7 nitrogen and oxygen atoms in total. The maximum Gasteiger partial charge on any atom is 0.319 e. The minimum Gasteiger partial charge on any atom is -0.480 e. The Bertz CT molecular complexity index is 991. The van der Waals surface area contributed by atoms with Gasteiger partial charge in [-0.3, -0.25) is 14.4 Å². The Labute approximate surface area is 159 Å². The Morgan fingerprint density at radius 1 is 1.07 bits per heavy atom. The molecule has 0 aromatic carbocycles. The van der Waals surface area contributed by atoms with Gasteiger partial charge in [0, 0.05) is 16.0 Å². The lowest BCUT2D eigenvalue weighted by atomic mass is 9.76. The number of methoxy groups -OCH3 is 2. The van der Waals surface area contributed by atoms with E-state index in [2.05, 4.69) is 23.1 Å². The fraction of sp³-hybridized carbons (Fsp3) is 0.211. The second-order valence-corrected chi connectivity index (χ2v) is 7.11. The lowest BCUT2D eigenvalue weighted by molar-refractivity contribution is -0.130. The molecule has 2 aromatic rings. The quantitative estimate of drug-likeness (QED) is 0.454. The molecule has 0 amide bonds. The van der Waals surface area contributed by atoms with Gasteiger partial charge in [0.05, 0.1) is 30.9 Å². The molecule has 8 heteroatoms. The lowest BCUT2D eigenvalue weighted by Gasteiger charge is -2.21. The Hall–Kier alpha value is -3.13. The average molecular weight is 384 g/mol. The number of carbonyl (C=O) groups excluding carboxylic acids is 3. The molecule has 27 heavy (non-hydrogen) atoms. The van der Waals surface area contributed by atoms with Crippen molar-refractivity contribution in [2.75, 3.05) is 14.2 Å². The van der Waals surface area contributed by atoms with Crippen LogP contribution >= 0.6 is 11.3 Å². The molecule has 2 aromatic heterocycles. The van der Waals surface area contributed by atoms with Crippen LogP contribution in [-0.4, -0.2) is 41.5 Å². The van der Waals surface area contributed by atoms with Crippen LogP contribution in [0.3, 0.4) is 0 Å². The maximum absolute atomic E-state index is 12.6. The summed E-state index contributed by atoms with van der Waals surface area (Å²) >= 11 is 1.36. The normalized spacial score (nSPS) is 15.4. The lowest BCUT2D eigenvalue weighted by Crippen LogP contribution is -2.35. The standard InChI is InChI=1S/C19H16N2O5S/c1-8-15(22)9(2)17(24)14(16(8)23)11-6-13(27-10(11)3)12-7-20-19(26-5)21-18(12)25-4/h6-7,14H,1-2H2,3-5H3. The third kappa shape index (κ3) is 2.97. The number of thiophene rings is 1. The number of hydrogen-bond donors (Lipinski definition) is 0. The van der Waals surface area contributed by atoms with Crippen LogP contribution < -0.4 is 9.47 Å². The number of nitrogens with zero attached hydrogens (tertiary/aromatic N) is 2. The SMILES string of the molecule is C=C1C(=O)C(=C)C(=O)C(c2cc(-c3cnc(OC)nc3OC)sc2C)C1=O. The first kappa shape index (κ1) is 18.7. The molecule has 1 fully saturated rings. The van der Waals surface area contributed by atoms with Crippen molar-refractivity contribution in [3.63, 3.8) is 0 Å². The van der Waals surface area contributed by atoms with Crippen molar-refractivity contribution in [2.45, 2.75) is 12.8 Å². The smallest absolute Gasteiger partial charge is 0.319 e. The van der Waals surface area contributed by atoms with Crippen LogP contribution in [0.4, 0.5) is 0 Å². The summed E-state index contributed by atoms with van der Waals surface area (Å²) in [5.74, 6) is -2.69. The van der Waals surface area contributed by atoms with Crippen molar-refractivity contribution in [1.29, 1.82) is 0 Å². The maximum atomic E-state index is 12.6. The summed E-state index contributed by atoms with van der Waals surface area (Å²) in [4.78, 5) is 46.7. The van der Waals surface area contributed by atoms with Gasteiger partial charge >= 0.3 is 6.01 Å². The largest absolute Gasteiger partial charge is 0.480 e. The van der Waals surface area contributed by atoms with Crippen LogP contribution in [0.15, 0.2) is 36.6 Å². The summed E-state index contributed by atoms with van der Waals surface area (Å²) in [6.45, 7) is 8.83. The Kier molecular flexibility index (Phi) is 4.75. The average Bonchev–Trinajstić information content (AvgIpc) is 3.05. The Balaban J connectivity index is 2.09. The molecule has 138 valence electrons. The number of allylic oxidation sites excluding steroid dienone is 2. The number of Topliss-reactive ketones (excluding diaryl/α,β-unsaturated/α-hetero) is 3. The number of ether oxygens (including phenoxy) is 2. The van der Waals surface area contributed by atoms with Gasteiger partial charge in [-0.25, -0.2) is 4.98 Å². The summed E-state index contributed by atoms with van der Waals surface area (Å²) in [5, 5.41) is 0. The highest BCUT2D eigenvalue weighted by Gasteiger charge is 2.42. The molecule has 0 aliphatic heterocycles.